The quantitative estimate of drug-likeness (QED) is 0.879. The van der Waals surface area contributed by atoms with Crippen molar-refractivity contribution in [3.8, 4) is 11.3 Å². The number of hydrogen-bond acceptors (Lipinski definition) is 3. The number of aromatic nitrogens is 2. The second kappa shape index (κ2) is 6.67. The standard InChI is InChI=1S/C14H17BrN4O/c1-16-8-9-19(2)14(20)13-11(15)12(17-18-13)10-6-4-3-5-7-10/h3-7,16H,8-9H2,1-2H3,(H,17,18). The molecule has 0 aliphatic rings. The van der Waals surface area contributed by atoms with Gasteiger partial charge in [0.25, 0.3) is 5.91 Å². The molecular weight excluding hydrogens is 320 g/mol. The van der Waals surface area contributed by atoms with E-state index < -0.39 is 0 Å². The molecule has 0 fully saturated rings. The molecule has 5 nitrogen and oxygen atoms in total. The van der Waals surface area contributed by atoms with Crippen LogP contribution in [0.4, 0.5) is 0 Å². The first kappa shape index (κ1) is 14.7. The maximum absolute atomic E-state index is 12.3. The molecule has 20 heavy (non-hydrogen) atoms. The Labute approximate surface area is 126 Å². The molecule has 1 heterocycles. The molecular formula is C14H17BrN4O. The Balaban J connectivity index is 2.23. The third-order valence-electron chi connectivity index (χ3n) is 3.01. The van der Waals surface area contributed by atoms with Crippen molar-refractivity contribution < 1.29 is 4.79 Å². The van der Waals surface area contributed by atoms with Gasteiger partial charge in [0, 0.05) is 25.7 Å². The van der Waals surface area contributed by atoms with Gasteiger partial charge in [-0.05, 0) is 23.0 Å². The number of H-pyrrole nitrogens is 1. The van der Waals surface area contributed by atoms with Crippen LogP contribution >= 0.6 is 15.9 Å². The summed E-state index contributed by atoms with van der Waals surface area (Å²) in [5, 5.41) is 10.1. The predicted molar refractivity (Wildman–Crippen MR) is 82.6 cm³/mol. The van der Waals surface area contributed by atoms with Gasteiger partial charge in [-0.3, -0.25) is 9.89 Å². The van der Waals surface area contributed by atoms with E-state index in [4.69, 9.17) is 0 Å². The first-order valence-electron chi connectivity index (χ1n) is 6.34. The molecule has 2 N–H and O–H groups in total. The number of amides is 1. The number of carbonyl (C=O) groups excluding carboxylic acids is 1. The topological polar surface area (TPSA) is 61.0 Å². The van der Waals surface area contributed by atoms with Crippen molar-refractivity contribution in [1.82, 2.24) is 20.4 Å². The molecule has 0 radical (unpaired) electrons. The molecule has 6 heteroatoms. The van der Waals surface area contributed by atoms with Crippen molar-refractivity contribution >= 4 is 21.8 Å². The summed E-state index contributed by atoms with van der Waals surface area (Å²) in [6, 6.07) is 9.75. The van der Waals surface area contributed by atoms with Gasteiger partial charge in [0.05, 0.1) is 4.47 Å². The second-order valence-corrected chi connectivity index (χ2v) is 5.25. The van der Waals surface area contributed by atoms with Gasteiger partial charge in [0.15, 0.2) is 0 Å². The van der Waals surface area contributed by atoms with E-state index in [0.29, 0.717) is 16.7 Å². The molecule has 0 spiro atoms. The zero-order valence-corrected chi connectivity index (χ0v) is 13.1. The van der Waals surface area contributed by atoms with Crippen molar-refractivity contribution in [3.63, 3.8) is 0 Å². The Kier molecular flexibility index (Phi) is 4.92. The Morgan fingerprint density at radius 2 is 2.10 bits per heavy atom. The number of hydrogen-bond donors (Lipinski definition) is 2. The van der Waals surface area contributed by atoms with Gasteiger partial charge in [-0.1, -0.05) is 30.3 Å². The zero-order chi connectivity index (χ0) is 14.5. The van der Waals surface area contributed by atoms with Crippen molar-refractivity contribution in [1.29, 1.82) is 0 Å². The molecule has 1 amide bonds. The summed E-state index contributed by atoms with van der Waals surface area (Å²) in [5.41, 5.74) is 2.19. The lowest BCUT2D eigenvalue weighted by Gasteiger charge is -2.15. The number of halogens is 1. The van der Waals surface area contributed by atoms with Gasteiger partial charge in [-0.25, -0.2) is 0 Å². The van der Waals surface area contributed by atoms with E-state index in [1.807, 2.05) is 37.4 Å². The first-order valence-corrected chi connectivity index (χ1v) is 7.13. The average molecular weight is 337 g/mol. The van der Waals surface area contributed by atoms with Crippen LogP contribution in [0, 0.1) is 0 Å². The SMILES string of the molecule is CNCCN(C)C(=O)c1[nH]nc(-c2ccccc2)c1Br. The molecule has 2 rings (SSSR count). The summed E-state index contributed by atoms with van der Waals surface area (Å²) < 4.78 is 0.699. The normalized spacial score (nSPS) is 10.6. The molecule has 0 bridgehead atoms. The van der Waals surface area contributed by atoms with Crippen LogP contribution in [0.25, 0.3) is 11.3 Å². The Hall–Kier alpha value is -1.66. The smallest absolute Gasteiger partial charge is 0.272 e. The maximum Gasteiger partial charge on any atom is 0.272 e. The Morgan fingerprint density at radius 1 is 1.40 bits per heavy atom. The van der Waals surface area contributed by atoms with Crippen LogP contribution in [0.5, 0.6) is 0 Å². The van der Waals surface area contributed by atoms with Gasteiger partial charge in [0.1, 0.15) is 11.4 Å². The number of nitrogens with one attached hydrogen (secondary N) is 2. The minimum Gasteiger partial charge on any atom is -0.339 e. The summed E-state index contributed by atoms with van der Waals surface area (Å²) in [6.45, 7) is 1.39. The van der Waals surface area contributed by atoms with Gasteiger partial charge in [-0.15, -0.1) is 0 Å². The minimum atomic E-state index is -0.0817. The number of nitrogens with zero attached hydrogens (tertiary/aromatic N) is 2. The highest BCUT2D eigenvalue weighted by atomic mass is 79.9. The molecule has 1 aromatic heterocycles. The fraction of sp³-hybridized carbons (Fsp3) is 0.286. The number of likely N-dealkylation sites (N-methyl/N-ethyl adjacent to an activating group) is 2. The van der Waals surface area contributed by atoms with E-state index in [0.717, 1.165) is 17.8 Å². The molecule has 0 saturated carbocycles. The van der Waals surface area contributed by atoms with Crippen molar-refractivity contribution in [2.45, 2.75) is 0 Å². The number of aromatic amines is 1. The van der Waals surface area contributed by atoms with Crippen LogP contribution in [0.1, 0.15) is 10.5 Å². The molecule has 0 saturated heterocycles. The Morgan fingerprint density at radius 3 is 2.75 bits per heavy atom. The van der Waals surface area contributed by atoms with E-state index in [-0.39, 0.29) is 5.91 Å². The van der Waals surface area contributed by atoms with Gasteiger partial charge < -0.3 is 10.2 Å². The number of benzene rings is 1. The third kappa shape index (κ3) is 3.08. The van der Waals surface area contributed by atoms with Crippen molar-refractivity contribution in [2.75, 3.05) is 27.2 Å². The molecule has 0 atom stereocenters. The highest BCUT2D eigenvalue weighted by Gasteiger charge is 2.20. The molecule has 1 aromatic carbocycles. The van der Waals surface area contributed by atoms with Crippen LogP contribution in [0.3, 0.4) is 0 Å². The highest BCUT2D eigenvalue weighted by Crippen LogP contribution is 2.29. The van der Waals surface area contributed by atoms with Gasteiger partial charge >= 0.3 is 0 Å². The van der Waals surface area contributed by atoms with E-state index in [2.05, 4.69) is 31.4 Å². The lowest BCUT2D eigenvalue weighted by Crippen LogP contribution is -2.33. The lowest BCUT2D eigenvalue weighted by atomic mass is 10.1. The summed E-state index contributed by atoms with van der Waals surface area (Å²) >= 11 is 3.47. The summed E-state index contributed by atoms with van der Waals surface area (Å²) in [6.07, 6.45) is 0. The monoisotopic (exact) mass is 336 g/mol. The predicted octanol–water partition coefficient (Wildman–Crippen LogP) is 2.13. The molecule has 0 aliphatic carbocycles. The van der Waals surface area contributed by atoms with Crippen LogP contribution in [-0.4, -0.2) is 48.2 Å². The third-order valence-corrected chi connectivity index (χ3v) is 3.78. The van der Waals surface area contributed by atoms with Crippen LogP contribution in [-0.2, 0) is 0 Å². The van der Waals surface area contributed by atoms with E-state index in [1.54, 1.807) is 11.9 Å². The fourth-order valence-electron chi connectivity index (χ4n) is 1.83. The van der Waals surface area contributed by atoms with Crippen LogP contribution in [0.15, 0.2) is 34.8 Å². The largest absolute Gasteiger partial charge is 0.339 e. The van der Waals surface area contributed by atoms with Crippen molar-refractivity contribution in [2.24, 2.45) is 0 Å². The summed E-state index contributed by atoms with van der Waals surface area (Å²) in [7, 11) is 3.63. The van der Waals surface area contributed by atoms with E-state index in [1.165, 1.54) is 0 Å². The molecule has 2 aromatic rings. The Bertz CT molecular complexity index is 582. The van der Waals surface area contributed by atoms with E-state index in [9.17, 15) is 4.79 Å². The van der Waals surface area contributed by atoms with Gasteiger partial charge in [-0.2, -0.15) is 5.10 Å². The first-order chi connectivity index (χ1) is 9.65. The lowest BCUT2D eigenvalue weighted by molar-refractivity contribution is 0.0790. The van der Waals surface area contributed by atoms with Gasteiger partial charge in [0.2, 0.25) is 0 Å². The maximum atomic E-state index is 12.3. The number of carbonyl (C=O) groups is 1. The average Bonchev–Trinajstić information content (AvgIpc) is 2.86. The van der Waals surface area contributed by atoms with Crippen LogP contribution in [0.2, 0.25) is 0 Å². The summed E-state index contributed by atoms with van der Waals surface area (Å²) in [4.78, 5) is 14.0. The fourth-order valence-corrected chi connectivity index (χ4v) is 2.41. The zero-order valence-electron chi connectivity index (χ0n) is 11.5. The minimum absolute atomic E-state index is 0.0817. The molecule has 0 unspecified atom stereocenters. The molecule has 0 aliphatic heterocycles. The number of rotatable bonds is 5. The summed E-state index contributed by atoms with van der Waals surface area (Å²) in [5.74, 6) is -0.0817. The highest BCUT2D eigenvalue weighted by molar-refractivity contribution is 9.10. The second-order valence-electron chi connectivity index (χ2n) is 4.46. The van der Waals surface area contributed by atoms with Crippen molar-refractivity contribution in [3.05, 3.63) is 40.5 Å². The molecule has 106 valence electrons. The van der Waals surface area contributed by atoms with Crippen LogP contribution < -0.4 is 5.32 Å². The van der Waals surface area contributed by atoms with E-state index >= 15 is 0 Å².